The van der Waals surface area contributed by atoms with Gasteiger partial charge in [-0.1, -0.05) is 33.6 Å². The zero-order valence-corrected chi connectivity index (χ0v) is 20.3. The number of ether oxygens (including phenoxy) is 3. The molecule has 1 aliphatic heterocycles. The van der Waals surface area contributed by atoms with E-state index < -0.39 is 18.1 Å². The number of carbonyl (C=O) groups excluding carboxylic acids is 4. The summed E-state index contributed by atoms with van der Waals surface area (Å²) in [6, 6.07) is -0.111. The topological polar surface area (TPSA) is 108 Å². The summed E-state index contributed by atoms with van der Waals surface area (Å²) in [6.07, 6.45) is 3.03. The molecule has 1 saturated heterocycles. The summed E-state index contributed by atoms with van der Waals surface area (Å²) in [4.78, 5) is 49.6. The molecule has 0 spiro atoms. The Labute approximate surface area is 192 Å². The first-order chi connectivity index (χ1) is 15.1. The molecule has 1 heterocycles. The highest BCUT2D eigenvalue weighted by Crippen LogP contribution is 2.21. The van der Waals surface area contributed by atoms with Gasteiger partial charge in [-0.3, -0.25) is 14.4 Å². The van der Waals surface area contributed by atoms with Crippen LogP contribution in [0.25, 0.3) is 0 Å². The van der Waals surface area contributed by atoms with Crippen molar-refractivity contribution in [2.75, 3.05) is 13.2 Å². The Bertz CT molecular complexity index is 617. The smallest absolute Gasteiger partial charge is 0.408 e. The van der Waals surface area contributed by atoms with E-state index >= 15 is 0 Å². The average Bonchev–Trinajstić information content (AvgIpc) is 2.69. The molecule has 0 aromatic carbocycles. The highest BCUT2D eigenvalue weighted by molar-refractivity contribution is 5.87. The number of alkyl carbamates (subject to hydrolysis) is 1. The van der Waals surface area contributed by atoms with Crippen molar-refractivity contribution >= 4 is 23.8 Å². The van der Waals surface area contributed by atoms with Crippen LogP contribution < -0.4 is 5.32 Å². The van der Waals surface area contributed by atoms with Crippen LogP contribution in [0.2, 0.25) is 0 Å². The Morgan fingerprint density at radius 1 is 1.03 bits per heavy atom. The van der Waals surface area contributed by atoms with Gasteiger partial charge in [-0.15, -0.1) is 0 Å². The molecule has 0 aliphatic carbocycles. The van der Waals surface area contributed by atoms with Crippen molar-refractivity contribution in [1.29, 1.82) is 0 Å². The highest BCUT2D eigenvalue weighted by atomic mass is 16.6. The fourth-order valence-corrected chi connectivity index (χ4v) is 3.53. The number of carbonyl (C=O) groups is 4. The van der Waals surface area contributed by atoms with Crippen molar-refractivity contribution in [3.63, 3.8) is 0 Å². The van der Waals surface area contributed by atoms with Crippen molar-refractivity contribution < 1.29 is 33.4 Å². The molecule has 8 heteroatoms. The van der Waals surface area contributed by atoms with E-state index in [1.807, 2.05) is 34.6 Å². The zero-order chi connectivity index (χ0) is 24.1. The minimum absolute atomic E-state index is 0.0691. The second-order valence-corrected chi connectivity index (χ2v) is 9.42. The molecule has 0 saturated carbocycles. The van der Waals surface area contributed by atoms with Gasteiger partial charge in [0.05, 0.1) is 18.4 Å². The number of ketones is 1. The van der Waals surface area contributed by atoms with E-state index in [0.717, 1.165) is 19.3 Å². The van der Waals surface area contributed by atoms with Crippen LogP contribution in [0, 0.1) is 17.8 Å². The summed E-state index contributed by atoms with van der Waals surface area (Å²) in [7, 11) is 0. The van der Waals surface area contributed by atoms with Crippen LogP contribution >= 0.6 is 0 Å². The van der Waals surface area contributed by atoms with Crippen LogP contribution in [0.3, 0.4) is 0 Å². The molecule has 32 heavy (non-hydrogen) atoms. The summed E-state index contributed by atoms with van der Waals surface area (Å²) in [5, 5.41) is 2.66. The molecule has 1 amide bonds. The second-order valence-electron chi connectivity index (χ2n) is 9.42. The first-order valence-corrected chi connectivity index (χ1v) is 11.9. The van der Waals surface area contributed by atoms with E-state index in [9.17, 15) is 19.2 Å². The van der Waals surface area contributed by atoms with Gasteiger partial charge < -0.3 is 19.5 Å². The molecule has 1 aliphatic rings. The first-order valence-electron chi connectivity index (χ1n) is 11.9. The number of amides is 1. The van der Waals surface area contributed by atoms with Crippen molar-refractivity contribution in [3.05, 3.63) is 0 Å². The van der Waals surface area contributed by atoms with Gasteiger partial charge in [0.15, 0.2) is 11.9 Å². The summed E-state index contributed by atoms with van der Waals surface area (Å²) in [5.41, 5.74) is 0. The lowest BCUT2D eigenvalue weighted by Crippen LogP contribution is -2.40. The van der Waals surface area contributed by atoms with Gasteiger partial charge in [0, 0.05) is 12.5 Å². The van der Waals surface area contributed by atoms with Crippen molar-refractivity contribution in [1.82, 2.24) is 5.32 Å². The molecule has 3 unspecified atom stereocenters. The lowest BCUT2D eigenvalue weighted by molar-refractivity contribution is -0.149. The third kappa shape index (κ3) is 11.5. The molecule has 0 radical (unpaired) electrons. The minimum atomic E-state index is -0.898. The molecule has 0 aromatic rings. The van der Waals surface area contributed by atoms with Crippen LogP contribution in [0.4, 0.5) is 4.79 Å². The number of rotatable bonds is 6. The second kappa shape index (κ2) is 14.9. The van der Waals surface area contributed by atoms with E-state index in [1.165, 1.54) is 0 Å². The highest BCUT2D eigenvalue weighted by Gasteiger charge is 2.31. The Morgan fingerprint density at radius 2 is 1.72 bits per heavy atom. The molecule has 0 bridgehead atoms. The molecular formula is C24H41NO7. The number of hydrogen-bond acceptors (Lipinski definition) is 7. The third-order valence-corrected chi connectivity index (χ3v) is 5.34. The first kappa shape index (κ1) is 27.9. The number of esters is 2. The van der Waals surface area contributed by atoms with Crippen LogP contribution in [0.5, 0.6) is 0 Å². The molecule has 0 aromatic heterocycles. The standard InChI is InChI=1S/C24H41NO7/c1-16(2)14-21(26)31-15-19-11-9-13-30-23(28)18(5)10-7-6-8-12-20(22(19)27)32-24(29)25-17(3)4/h16-20H,6-15H2,1-5H3,(H,25,29). The van der Waals surface area contributed by atoms with E-state index in [1.54, 1.807) is 0 Å². The summed E-state index contributed by atoms with van der Waals surface area (Å²) in [6.45, 7) is 9.45. The molecule has 184 valence electrons. The lowest BCUT2D eigenvalue weighted by Gasteiger charge is -2.24. The molecule has 1 rings (SSSR count). The Kier molecular flexibility index (Phi) is 13.0. The summed E-state index contributed by atoms with van der Waals surface area (Å²) < 4.78 is 16.2. The number of Topliss-reactive ketones (excluding diaryl/α,β-unsaturated/α-hetero) is 1. The van der Waals surface area contributed by atoms with E-state index in [-0.39, 0.29) is 55.2 Å². The molecule has 8 nitrogen and oxygen atoms in total. The fraction of sp³-hybridized carbons (Fsp3) is 0.833. The normalized spacial score (nSPS) is 23.9. The quantitative estimate of drug-likeness (QED) is 0.472. The maximum absolute atomic E-state index is 13.3. The lowest BCUT2D eigenvalue weighted by atomic mass is 9.92. The van der Waals surface area contributed by atoms with Gasteiger partial charge in [-0.2, -0.15) is 0 Å². The molecular weight excluding hydrogens is 414 g/mol. The average molecular weight is 456 g/mol. The van der Waals surface area contributed by atoms with Crippen molar-refractivity contribution in [3.8, 4) is 0 Å². The van der Waals surface area contributed by atoms with Gasteiger partial charge in [-0.05, 0) is 51.9 Å². The SMILES string of the molecule is CC(C)CC(=O)OCC1CCCOC(=O)C(C)CCCCCC(OC(=O)NC(C)C)C1=O. The number of nitrogens with one attached hydrogen (secondary N) is 1. The summed E-state index contributed by atoms with van der Waals surface area (Å²) >= 11 is 0. The largest absolute Gasteiger partial charge is 0.465 e. The van der Waals surface area contributed by atoms with Gasteiger partial charge in [-0.25, -0.2) is 4.79 Å². The van der Waals surface area contributed by atoms with E-state index in [0.29, 0.717) is 25.7 Å². The van der Waals surface area contributed by atoms with Crippen molar-refractivity contribution in [2.24, 2.45) is 17.8 Å². The van der Waals surface area contributed by atoms with Crippen LogP contribution in [0.15, 0.2) is 0 Å². The Hall–Kier alpha value is -2.12. The zero-order valence-electron chi connectivity index (χ0n) is 20.3. The predicted molar refractivity (Wildman–Crippen MR) is 120 cm³/mol. The Morgan fingerprint density at radius 3 is 2.38 bits per heavy atom. The summed E-state index contributed by atoms with van der Waals surface area (Å²) in [5.74, 6) is -1.47. The molecule has 3 atom stereocenters. The number of hydrogen-bond donors (Lipinski definition) is 1. The van der Waals surface area contributed by atoms with Gasteiger partial charge in [0.25, 0.3) is 0 Å². The van der Waals surface area contributed by atoms with Crippen LogP contribution in [-0.4, -0.2) is 49.2 Å². The van der Waals surface area contributed by atoms with Crippen LogP contribution in [0.1, 0.15) is 86.0 Å². The number of cyclic esters (lactones) is 1. The van der Waals surface area contributed by atoms with Gasteiger partial charge in [0.1, 0.15) is 6.61 Å². The molecule has 1 N–H and O–H groups in total. The monoisotopic (exact) mass is 455 g/mol. The van der Waals surface area contributed by atoms with Crippen LogP contribution in [-0.2, 0) is 28.6 Å². The maximum Gasteiger partial charge on any atom is 0.408 e. The maximum atomic E-state index is 13.3. The minimum Gasteiger partial charge on any atom is -0.465 e. The third-order valence-electron chi connectivity index (χ3n) is 5.34. The van der Waals surface area contributed by atoms with Gasteiger partial charge >= 0.3 is 18.0 Å². The van der Waals surface area contributed by atoms with Gasteiger partial charge in [0.2, 0.25) is 0 Å². The predicted octanol–water partition coefficient (Wildman–Crippen LogP) is 4.19. The fourth-order valence-electron chi connectivity index (χ4n) is 3.53. The Balaban J connectivity index is 2.92. The van der Waals surface area contributed by atoms with E-state index in [4.69, 9.17) is 14.2 Å². The van der Waals surface area contributed by atoms with E-state index in [2.05, 4.69) is 5.32 Å². The molecule has 1 fully saturated rings. The van der Waals surface area contributed by atoms with Crippen molar-refractivity contribution in [2.45, 2.75) is 98.1 Å².